The van der Waals surface area contributed by atoms with Crippen molar-refractivity contribution in [2.24, 2.45) is 5.73 Å². The van der Waals surface area contributed by atoms with Gasteiger partial charge in [0.1, 0.15) is 0 Å². The van der Waals surface area contributed by atoms with E-state index in [2.05, 4.69) is 20.7 Å². The van der Waals surface area contributed by atoms with Crippen LogP contribution in [0.2, 0.25) is 5.02 Å². The highest BCUT2D eigenvalue weighted by atomic mass is 35.5. The molecule has 2 aromatic rings. The molecular formula is C17H25ClN6O. The Balaban J connectivity index is 2.10. The monoisotopic (exact) mass is 364 g/mol. The molecule has 7 nitrogen and oxygen atoms in total. The molecule has 1 amide bonds. The van der Waals surface area contributed by atoms with Crippen LogP contribution in [0, 0.1) is 0 Å². The van der Waals surface area contributed by atoms with Gasteiger partial charge in [-0.05, 0) is 48.7 Å². The number of hydrogen-bond donors (Lipinski definition) is 2. The number of rotatable bonds is 8. The maximum atomic E-state index is 12.5. The molecule has 0 saturated carbocycles. The van der Waals surface area contributed by atoms with Crippen LogP contribution in [0.25, 0.3) is 11.4 Å². The predicted molar refractivity (Wildman–Crippen MR) is 98.1 cm³/mol. The SMILES string of the molecule is CCC(C(=O)NCC(N)(CC)CC)n1nnc(-c2ccc(Cl)cc2)n1. The zero-order valence-electron chi connectivity index (χ0n) is 14.9. The molecule has 0 saturated heterocycles. The van der Waals surface area contributed by atoms with Crippen molar-refractivity contribution in [1.82, 2.24) is 25.5 Å². The van der Waals surface area contributed by atoms with E-state index in [1.54, 1.807) is 12.1 Å². The van der Waals surface area contributed by atoms with Gasteiger partial charge in [0.25, 0.3) is 0 Å². The van der Waals surface area contributed by atoms with Gasteiger partial charge in [0, 0.05) is 22.7 Å². The molecule has 25 heavy (non-hydrogen) atoms. The molecule has 1 aromatic heterocycles. The summed E-state index contributed by atoms with van der Waals surface area (Å²) in [6.45, 7) is 6.37. The predicted octanol–water partition coefficient (Wildman–Crippen LogP) is 2.58. The minimum atomic E-state index is -0.522. The van der Waals surface area contributed by atoms with Crippen LogP contribution in [0.15, 0.2) is 24.3 Å². The Morgan fingerprint density at radius 2 is 1.92 bits per heavy atom. The Bertz CT molecular complexity index is 695. The number of halogens is 1. The Hall–Kier alpha value is -1.99. The summed E-state index contributed by atoms with van der Waals surface area (Å²) in [5.74, 6) is 0.303. The van der Waals surface area contributed by atoms with Crippen LogP contribution in [0.3, 0.4) is 0 Å². The topological polar surface area (TPSA) is 98.7 Å². The van der Waals surface area contributed by atoms with E-state index < -0.39 is 11.6 Å². The number of nitrogens with two attached hydrogens (primary N) is 1. The van der Waals surface area contributed by atoms with Crippen LogP contribution in [-0.2, 0) is 4.79 Å². The summed E-state index contributed by atoms with van der Waals surface area (Å²) in [5, 5.41) is 16.0. The summed E-state index contributed by atoms with van der Waals surface area (Å²) in [5.41, 5.74) is 6.65. The van der Waals surface area contributed by atoms with Crippen LogP contribution in [0.1, 0.15) is 46.1 Å². The molecule has 0 aliphatic carbocycles. The quantitative estimate of drug-likeness (QED) is 0.750. The maximum Gasteiger partial charge on any atom is 0.246 e. The zero-order chi connectivity index (χ0) is 18.4. The fraction of sp³-hybridized carbons (Fsp3) is 0.529. The van der Waals surface area contributed by atoms with E-state index in [1.165, 1.54) is 4.80 Å². The summed E-state index contributed by atoms with van der Waals surface area (Å²) in [6, 6.07) is 6.63. The lowest BCUT2D eigenvalue weighted by Crippen LogP contribution is -2.50. The number of carbonyl (C=O) groups is 1. The number of amides is 1. The average molecular weight is 365 g/mol. The molecule has 0 spiro atoms. The maximum absolute atomic E-state index is 12.5. The molecular weight excluding hydrogens is 340 g/mol. The summed E-state index contributed by atoms with van der Waals surface area (Å²) in [6.07, 6.45) is 2.14. The molecule has 8 heteroatoms. The number of carbonyl (C=O) groups excluding carboxylic acids is 1. The Kier molecular flexibility index (Phi) is 6.50. The van der Waals surface area contributed by atoms with Crippen LogP contribution < -0.4 is 11.1 Å². The molecule has 1 unspecified atom stereocenters. The van der Waals surface area contributed by atoms with Crippen molar-refractivity contribution >= 4 is 17.5 Å². The van der Waals surface area contributed by atoms with Crippen molar-refractivity contribution in [1.29, 1.82) is 0 Å². The first-order valence-corrected chi connectivity index (χ1v) is 8.92. The smallest absolute Gasteiger partial charge is 0.246 e. The third-order valence-corrected chi connectivity index (χ3v) is 4.77. The van der Waals surface area contributed by atoms with Crippen LogP contribution >= 0.6 is 11.6 Å². The van der Waals surface area contributed by atoms with E-state index >= 15 is 0 Å². The highest BCUT2D eigenvalue weighted by Gasteiger charge is 2.26. The summed E-state index contributed by atoms with van der Waals surface area (Å²) >= 11 is 5.89. The number of nitrogens with one attached hydrogen (secondary N) is 1. The van der Waals surface area contributed by atoms with Gasteiger partial charge in [-0.2, -0.15) is 4.80 Å². The second kappa shape index (κ2) is 8.40. The van der Waals surface area contributed by atoms with Gasteiger partial charge in [0.05, 0.1) is 0 Å². The summed E-state index contributed by atoms with van der Waals surface area (Å²) in [7, 11) is 0. The van der Waals surface area contributed by atoms with Crippen molar-refractivity contribution in [2.45, 2.75) is 51.6 Å². The zero-order valence-corrected chi connectivity index (χ0v) is 15.6. The number of hydrogen-bond acceptors (Lipinski definition) is 5. The largest absolute Gasteiger partial charge is 0.352 e. The lowest BCUT2D eigenvalue weighted by atomic mass is 9.94. The highest BCUT2D eigenvalue weighted by molar-refractivity contribution is 6.30. The standard InChI is InChI=1S/C17H25ClN6O/c1-4-14(16(25)20-11-17(19,5-2)6-3)24-22-15(21-23-24)12-7-9-13(18)10-8-12/h7-10,14H,4-6,11,19H2,1-3H3,(H,20,25). The first kappa shape index (κ1) is 19.3. The minimum absolute atomic E-state index is 0.153. The fourth-order valence-electron chi connectivity index (χ4n) is 2.41. The molecule has 3 N–H and O–H groups in total. The lowest BCUT2D eigenvalue weighted by molar-refractivity contribution is -0.125. The molecule has 1 atom stereocenters. The first-order chi connectivity index (χ1) is 11.9. The molecule has 0 bridgehead atoms. The highest BCUT2D eigenvalue weighted by Crippen LogP contribution is 2.18. The minimum Gasteiger partial charge on any atom is -0.352 e. The van der Waals surface area contributed by atoms with Crippen LogP contribution in [0.4, 0.5) is 0 Å². The van der Waals surface area contributed by atoms with Gasteiger partial charge in [-0.25, -0.2) is 0 Å². The van der Waals surface area contributed by atoms with Crippen molar-refractivity contribution in [3.05, 3.63) is 29.3 Å². The Morgan fingerprint density at radius 3 is 2.48 bits per heavy atom. The van der Waals surface area contributed by atoms with Gasteiger partial charge >= 0.3 is 0 Å². The molecule has 0 radical (unpaired) electrons. The van der Waals surface area contributed by atoms with Crippen molar-refractivity contribution in [3.8, 4) is 11.4 Å². The van der Waals surface area contributed by atoms with Gasteiger partial charge in [0.2, 0.25) is 11.7 Å². The third-order valence-electron chi connectivity index (χ3n) is 4.52. The van der Waals surface area contributed by atoms with Crippen LogP contribution in [-0.4, -0.2) is 38.2 Å². The second-order valence-electron chi connectivity index (χ2n) is 6.15. The third kappa shape index (κ3) is 4.76. The van der Waals surface area contributed by atoms with E-state index in [1.807, 2.05) is 32.9 Å². The van der Waals surface area contributed by atoms with Crippen molar-refractivity contribution < 1.29 is 4.79 Å². The molecule has 1 heterocycles. The van der Waals surface area contributed by atoms with E-state index in [0.717, 1.165) is 18.4 Å². The van der Waals surface area contributed by atoms with E-state index in [9.17, 15) is 4.79 Å². The number of benzene rings is 1. The van der Waals surface area contributed by atoms with Gasteiger partial charge in [-0.1, -0.05) is 32.4 Å². The van der Waals surface area contributed by atoms with Crippen molar-refractivity contribution in [2.75, 3.05) is 6.54 Å². The van der Waals surface area contributed by atoms with Gasteiger partial charge < -0.3 is 11.1 Å². The van der Waals surface area contributed by atoms with Crippen LogP contribution in [0.5, 0.6) is 0 Å². The molecule has 0 fully saturated rings. The summed E-state index contributed by atoms with van der Waals surface area (Å²) < 4.78 is 0. The molecule has 1 aromatic carbocycles. The second-order valence-corrected chi connectivity index (χ2v) is 6.59. The lowest BCUT2D eigenvalue weighted by Gasteiger charge is -2.27. The van der Waals surface area contributed by atoms with Gasteiger partial charge in [-0.3, -0.25) is 4.79 Å². The Labute approximate surface area is 152 Å². The number of aromatic nitrogens is 4. The average Bonchev–Trinajstić information content (AvgIpc) is 3.10. The molecule has 0 aliphatic rings. The normalized spacial score (nSPS) is 12.8. The van der Waals surface area contributed by atoms with Gasteiger partial charge in [0.15, 0.2) is 6.04 Å². The van der Waals surface area contributed by atoms with Crippen molar-refractivity contribution in [3.63, 3.8) is 0 Å². The van der Waals surface area contributed by atoms with E-state index in [-0.39, 0.29) is 5.91 Å². The fourth-order valence-corrected chi connectivity index (χ4v) is 2.53. The molecule has 0 aliphatic heterocycles. The first-order valence-electron chi connectivity index (χ1n) is 8.54. The van der Waals surface area contributed by atoms with E-state index in [0.29, 0.717) is 23.8 Å². The number of tetrazole rings is 1. The van der Waals surface area contributed by atoms with E-state index in [4.69, 9.17) is 17.3 Å². The van der Waals surface area contributed by atoms with Gasteiger partial charge in [-0.15, -0.1) is 10.2 Å². The summed E-state index contributed by atoms with van der Waals surface area (Å²) in [4.78, 5) is 13.9. The Morgan fingerprint density at radius 1 is 1.28 bits per heavy atom. The number of nitrogens with zero attached hydrogens (tertiary/aromatic N) is 4. The molecule has 2 rings (SSSR count). The molecule has 136 valence electrons.